The summed E-state index contributed by atoms with van der Waals surface area (Å²) in [5.74, 6) is 0. The van der Waals surface area contributed by atoms with Crippen LogP contribution >= 0.6 is 0 Å². The monoisotopic (exact) mass is 667 g/mol. The summed E-state index contributed by atoms with van der Waals surface area (Å²) in [4.78, 5) is 16.3. The Hall–Kier alpha value is -4.60. The number of ether oxygens (including phenoxy) is 3. The average Bonchev–Trinajstić information content (AvgIpc) is 3.13. The Morgan fingerprint density at radius 1 is 0.511 bits per heavy atom. The van der Waals surface area contributed by atoms with E-state index in [1.165, 1.54) is 0 Å². The van der Waals surface area contributed by atoms with Gasteiger partial charge in [0.1, 0.15) is 24.5 Å². The van der Waals surface area contributed by atoms with E-state index in [2.05, 4.69) is 29.6 Å². The second-order valence-electron chi connectivity index (χ2n) is 9.84. The fraction of sp³-hybridized carbons (Fsp3) is 0.400. The van der Waals surface area contributed by atoms with E-state index < -0.39 is 7.40 Å². The second kappa shape index (κ2) is 22.0. The van der Waals surface area contributed by atoms with Crippen molar-refractivity contribution < 1.29 is 41.0 Å². The van der Waals surface area contributed by atoms with Crippen LogP contribution in [0.15, 0.2) is 72.8 Å². The first-order chi connectivity index (χ1) is 22.5. The molecule has 47 heavy (non-hydrogen) atoms. The van der Waals surface area contributed by atoms with Gasteiger partial charge in [0.2, 0.25) is 16.2 Å². The number of hydrogen-bond acceptors (Lipinski definition) is 11. The van der Waals surface area contributed by atoms with Crippen LogP contribution in [0.2, 0.25) is 0 Å². The molecule has 248 valence electrons. The minimum atomic E-state index is -3.17. The summed E-state index contributed by atoms with van der Waals surface area (Å²) in [5, 5.41) is 43.1. The van der Waals surface area contributed by atoms with E-state index in [9.17, 15) is 4.32 Å². The lowest BCUT2D eigenvalue weighted by atomic mass is 10.2. The summed E-state index contributed by atoms with van der Waals surface area (Å²) in [7, 11) is -3.17. The average molecular weight is 668 g/mol. The Bertz CT molecular complexity index is 1300. The minimum absolute atomic E-state index is 0. The summed E-state index contributed by atoms with van der Waals surface area (Å²) in [5.41, 5.74) is 4.77. The van der Waals surface area contributed by atoms with Crippen molar-refractivity contribution in [3.8, 4) is 0 Å². The van der Waals surface area contributed by atoms with Gasteiger partial charge in [-0.1, -0.05) is 36.4 Å². The van der Waals surface area contributed by atoms with E-state index in [1.54, 1.807) is 18.2 Å². The molecule has 0 saturated carbocycles. The molecule has 6 rings (SSSR count). The normalized spacial score (nSPS) is 15.2. The number of nitrogens with zero attached hydrogens (tertiary/aromatic N) is 9. The highest BCUT2D eigenvalue weighted by Gasteiger charge is 2.22. The van der Waals surface area contributed by atoms with Crippen LogP contribution in [0.4, 0.5) is 38.4 Å². The third kappa shape index (κ3) is 13.0. The van der Waals surface area contributed by atoms with E-state index >= 15 is 0 Å². The standard InChI is InChI=1S/3C10H12N3O.BFO2.ClH/c3*11-12-9-3-1-2-4-10(9)13-5-7-14-8-6-13;2-1(3)4;/h3*1-4H,5-8H2;;1H/q3*+1;-2;/p-1. The molecule has 17 heteroatoms. The fourth-order valence-corrected chi connectivity index (χ4v) is 4.86. The number of hydrogen-bond donors (Lipinski definition) is 0. The molecule has 3 saturated heterocycles. The van der Waals surface area contributed by atoms with Gasteiger partial charge in [0, 0.05) is 57.5 Å². The zero-order valence-corrected chi connectivity index (χ0v) is 26.6. The van der Waals surface area contributed by atoms with Crippen molar-refractivity contribution in [1.82, 2.24) is 0 Å². The van der Waals surface area contributed by atoms with Crippen LogP contribution in [0.25, 0.3) is 14.9 Å². The van der Waals surface area contributed by atoms with Crippen LogP contribution < -0.4 is 37.2 Å². The predicted molar refractivity (Wildman–Crippen MR) is 170 cm³/mol. The third-order valence-corrected chi connectivity index (χ3v) is 7.02. The quantitative estimate of drug-likeness (QED) is 0.285. The van der Waals surface area contributed by atoms with Gasteiger partial charge < -0.3 is 55.7 Å². The largest absolute Gasteiger partial charge is 1.00 e. The zero-order valence-electron chi connectivity index (χ0n) is 25.8. The second-order valence-corrected chi connectivity index (χ2v) is 9.84. The van der Waals surface area contributed by atoms with Gasteiger partial charge in [0.25, 0.3) is 0 Å². The summed E-state index contributed by atoms with van der Waals surface area (Å²) in [6, 6.07) is 22.7. The summed E-state index contributed by atoms with van der Waals surface area (Å²) in [6.45, 7) is 9.54. The predicted octanol–water partition coefficient (Wildman–Crippen LogP) is 0.689. The first kappa shape index (κ1) is 38.6. The number of rotatable bonds is 3. The maximum absolute atomic E-state index is 9.89. The lowest BCUT2D eigenvalue weighted by Crippen LogP contribution is -3.00. The van der Waals surface area contributed by atoms with Crippen molar-refractivity contribution in [2.24, 2.45) is 0 Å². The zero-order chi connectivity index (χ0) is 33.0. The van der Waals surface area contributed by atoms with E-state index in [-0.39, 0.29) is 12.4 Å². The summed E-state index contributed by atoms with van der Waals surface area (Å²) >= 11 is 0. The van der Waals surface area contributed by atoms with Gasteiger partial charge in [-0.05, 0) is 18.2 Å². The molecule has 0 aliphatic carbocycles. The van der Waals surface area contributed by atoms with Crippen molar-refractivity contribution >= 4 is 41.5 Å². The van der Waals surface area contributed by atoms with Crippen molar-refractivity contribution in [2.75, 3.05) is 93.6 Å². The molecule has 3 fully saturated rings. The molecule has 3 aliphatic rings. The molecule has 0 radical (unpaired) electrons. The molecule has 0 spiro atoms. The van der Waals surface area contributed by atoms with Gasteiger partial charge in [0.05, 0.1) is 39.6 Å². The van der Waals surface area contributed by atoms with Gasteiger partial charge in [-0.25, -0.2) is 0 Å². The molecule has 3 aromatic rings. The van der Waals surface area contributed by atoms with Gasteiger partial charge in [-0.2, -0.15) is 0 Å². The number of anilines is 3. The molecule has 3 aliphatic heterocycles. The van der Waals surface area contributed by atoms with Gasteiger partial charge in [0.15, 0.2) is 14.9 Å². The van der Waals surface area contributed by atoms with Crippen LogP contribution in [0.5, 0.6) is 0 Å². The number of benzene rings is 3. The Labute approximate surface area is 279 Å². The molecular formula is C30H36BClFN9O5. The first-order valence-corrected chi connectivity index (χ1v) is 14.7. The van der Waals surface area contributed by atoms with Gasteiger partial charge in [-0.15, -0.1) is 0 Å². The fourth-order valence-electron chi connectivity index (χ4n) is 4.86. The maximum atomic E-state index is 9.89. The molecule has 0 aromatic heterocycles. The van der Waals surface area contributed by atoms with E-state index in [1.807, 2.05) is 54.6 Å². The van der Waals surface area contributed by atoms with Crippen molar-refractivity contribution in [3.05, 3.63) is 87.7 Å². The Morgan fingerprint density at radius 2 is 0.723 bits per heavy atom. The molecule has 0 amide bonds. The number of morpholine rings is 3. The van der Waals surface area contributed by atoms with Crippen LogP contribution in [0, 0.1) is 16.2 Å². The topological polar surface area (TPSA) is 168 Å². The minimum Gasteiger partial charge on any atom is -1.00 e. The van der Waals surface area contributed by atoms with Crippen LogP contribution in [0.3, 0.4) is 0 Å². The van der Waals surface area contributed by atoms with E-state index in [4.69, 9.17) is 40.4 Å². The summed E-state index contributed by atoms with van der Waals surface area (Å²) in [6.07, 6.45) is 0. The molecule has 0 N–H and O–H groups in total. The third-order valence-electron chi connectivity index (χ3n) is 7.02. The molecule has 0 bridgehead atoms. The Balaban J connectivity index is 0.000000229. The number of diazo groups is 3. The highest BCUT2D eigenvalue weighted by Crippen LogP contribution is 2.30. The Kier molecular flexibility index (Phi) is 18.1. The van der Waals surface area contributed by atoms with E-state index in [0.717, 1.165) is 96.0 Å². The first-order valence-electron chi connectivity index (χ1n) is 14.7. The summed E-state index contributed by atoms with van der Waals surface area (Å²) < 4.78 is 25.7. The Morgan fingerprint density at radius 3 is 0.936 bits per heavy atom. The van der Waals surface area contributed by atoms with E-state index in [0.29, 0.717) is 17.1 Å². The van der Waals surface area contributed by atoms with Gasteiger partial charge >= 0.3 is 17.1 Å². The lowest BCUT2D eigenvalue weighted by molar-refractivity contribution is -0.366. The molecule has 3 aromatic carbocycles. The molecule has 14 nitrogen and oxygen atoms in total. The maximum Gasteiger partial charge on any atom is 0.408 e. The highest BCUT2D eigenvalue weighted by atomic mass is 35.5. The molecular weight excluding hydrogens is 632 g/mol. The van der Waals surface area contributed by atoms with Crippen molar-refractivity contribution in [2.45, 2.75) is 0 Å². The highest BCUT2D eigenvalue weighted by molar-refractivity contribution is 6.27. The van der Waals surface area contributed by atoms with Gasteiger partial charge in [-0.3, -0.25) is 0 Å². The van der Waals surface area contributed by atoms with Crippen LogP contribution in [-0.4, -0.2) is 86.3 Å². The van der Waals surface area contributed by atoms with Crippen molar-refractivity contribution in [3.63, 3.8) is 0 Å². The van der Waals surface area contributed by atoms with Crippen LogP contribution in [0.1, 0.15) is 0 Å². The molecule has 0 atom stereocenters. The van der Waals surface area contributed by atoms with Crippen molar-refractivity contribution in [1.29, 1.82) is 16.2 Å². The smallest absolute Gasteiger partial charge is 0.408 e. The molecule has 0 unspecified atom stereocenters. The number of para-hydroxylation sites is 3. The lowest BCUT2D eigenvalue weighted by Gasteiger charge is -2.27. The SMILES string of the molecule is N#[N+]c1ccccc1N1CCOCC1.N#[N+]c1ccccc1N1CCOCC1.N#[N+]c1ccccc1N1CCOCC1.[Cl-].[O-]B([O-])F. The number of halogens is 2. The van der Waals surface area contributed by atoms with Crippen LogP contribution in [-0.2, 0) is 14.2 Å². The molecule has 3 heterocycles.